The van der Waals surface area contributed by atoms with Gasteiger partial charge in [-0.2, -0.15) is 0 Å². The molecule has 1 atom stereocenters. The van der Waals surface area contributed by atoms with E-state index in [1.165, 1.54) is 0 Å². The van der Waals surface area contributed by atoms with E-state index in [4.69, 9.17) is 16.3 Å². The lowest BCUT2D eigenvalue weighted by Crippen LogP contribution is -1.96. The number of hydrogen-bond acceptors (Lipinski definition) is 3. The molecule has 0 fully saturated rings. The third-order valence-corrected chi connectivity index (χ3v) is 3.11. The Morgan fingerprint density at radius 2 is 2.24 bits per heavy atom. The molecule has 90 valence electrons. The number of nitrogens with zero attached hydrogens (tertiary/aromatic N) is 3. The summed E-state index contributed by atoms with van der Waals surface area (Å²) < 4.78 is 6.79. The van der Waals surface area contributed by atoms with Crippen molar-refractivity contribution in [2.75, 3.05) is 7.11 Å². The lowest BCUT2D eigenvalue weighted by molar-refractivity contribution is 0.414. The highest BCUT2D eigenvalue weighted by Crippen LogP contribution is 2.26. The molecule has 6 heteroatoms. The molecule has 2 rings (SSSR count). The van der Waals surface area contributed by atoms with Gasteiger partial charge in [0.15, 0.2) is 0 Å². The van der Waals surface area contributed by atoms with Crippen molar-refractivity contribution in [2.24, 2.45) is 0 Å². The zero-order valence-electron chi connectivity index (χ0n) is 9.39. The Morgan fingerprint density at radius 1 is 1.47 bits per heavy atom. The molecule has 0 N–H and O–H groups in total. The topological polar surface area (TPSA) is 39.9 Å². The third kappa shape index (κ3) is 2.61. The van der Waals surface area contributed by atoms with E-state index in [2.05, 4.69) is 26.2 Å². The number of aromatic nitrogens is 3. The van der Waals surface area contributed by atoms with E-state index in [-0.39, 0.29) is 4.83 Å². The lowest BCUT2D eigenvalue weighted by atomic mass is 10.3. The molecule has 0 saturated carbocycles. The molecule has 1 aromatic heterocycles. The second kappa shape index (κ2) is 5.06. The van der Waals surface area contributed by atoms with Crippen LogP contribution < -0.4 is 4.74 Å². The maximum Gasteiger partial charge on any atom is 0.121 e. The Morgan fingerprint density at radius 3 is 2.82 bits per heavy atom. The number of methoxy groups -OCH3 is 1. The van der Waals surface area contributed by atoms with Crippen molar-refractivity contribution in [2.45, 2.75) is 11.8 Å². The maximum atomic E-state index is 6.12. The number of alkyl halides is 1. The molecule has 0 amide bonds. The largest absolute Gasteiger partial charge is 0.497 e. The number of ether oxygens (including phenoxy) is 1. The monoisotopic (exact) mass is 315 g/mol. The third-order valence-electron chi connectivity index (χ3n) is 2.32. The van der Waals surface area contributed by atoms with E-state index in [9.17, 15) is 0 Å². The molecule has 17 heavy (non-hydrogen) atoms. The van der Waals surface area contributed by atoms with Crippen LogP contribution in [0.1, 0.15) is 17.4 Å². The zero-order chi connectivity index (χ0) is 12.4. The average Bonchev–Trinajstić information content (AvgIpc) is 2.79. The lowest BCUT2D eigenvalue weighted by Gasteiger charge is -2.06. The minimum atomic E-state index is 0.153. The Hall–Kier alpha value is -1.07. The Kier molecular flexibility index (Phi) is 3.69. The summed E-state index contributed by atoms with van der Waals surface area (Å²) in [5, 5.41) is 8.70. The predicted molar refractivity (Wildman–Crippen MR) is 70.3 cm³/mol. The quantitative estimate of drug-likeness (QED) is 0.815. The summed E-state index contributed by atoms with van der Waals surface area (Å²) in [5.74, 6) is 0.730. The Bertz CT molecular complexity index is 527. The molecule has 1 unspecified atom stereocenters. The zero-order valence-corrected chi connectivity index (χ0v) is 11.7. The molecule has 1 aromatic carbocycles. The summed E-state index contributed by atoms with van der Waals surface area (Å²) >= 11 is 9.56. The van der Waals surface area contributed by atoms with Crippen LogP contribution in [0.2, 0.25) is 5.02 Å². The van der Waals surface area contributed by atoms with Crippen LogP contribution in [0, 0.1) is 0 Å². The molecule has 0 bridgehead atoms. The molecule has 4 nitrogen and oxygen atoms in total. The Labute approximate surface area is 113 Å². The molecular weight excluding hydrogens is 305 g/mol. The van der Waals surface area contributed by atoms with Crippen LogP contribution in [0.25, 0.3) is 5.69 Å². The first kappa shape index (κ1) is 12.4. The predicted octanol–water partition coefficient (Wildman–Crippen LogP) is 3.39. The summed E-state index contributed by atoms with van der Waals surface area (Å²) in [4.78, 5) is 0.153. The van der Waals surface area contributed by atoms with Gasteiger partial charge >= 0.3 is 0 Å². The molecule has 0 aliphatic carbocycles. The van der Waals surface area contributed by atoms with Gasteiger partial charge in [-0.05, 0) is 19.1 Å². The first-order chi connectivity index (χ1) is 8.11. The van der Waals surface area contributed by atoms with Gasteiger partial charge in [0, 0.05) is 6.07 Å². The highest BCUT2D eigenvalue weighted by atomic mass is 79.9. The number of rotatable bonds is 3. The van der Waals surface area contributed by atoms with Gasteiger partial charge in [0.05, 0.1) is 34.5 Å². The van der Waals surface area contributed by atoms with Crippen LogP contribution in [0.5, 0.6) is 5.75 Å². The molecular formula is C11H11BrClN3O. The highest BCUT2D eigenvalue weighted by molar-refractivity contribution is 9.09. The van der Waals surface area contributed by atoms with Gasteiger partial charge in [-0.25, -0.2) is 4.68 Å². The van der Waals surface area contributed by atoms with E-state index >= 15 is 0 Å². The standard InChI is InChI=1S/C11H11BrClN3O/c1-7(12)10-6-16(15-14-10)11-5-8(17-2)3-4-9(11)13/h3-7H,1-2H3. The summed E-state index contributed by atoms with van der Waals surface area (Å²) in [5.41, 5.74) is 1.60. The second-order valence-corrected chi connectivity index (χ2v) is 5.30. The van der Waals surface area contributed by atoms with Gasteiger partial charge in [-0.3, -0.25) is 0 Å². The van der Waals surface area contributed by atoms with Gasteiger partial charge in [-0.1, -0.05) is 32.7 Å². The second-order valence-electron chi connectivity index (χ2n) is 3.52. The summed E-state index contributed by atoms with van der Waals surface area (Å²) in [6, 6.07) is 5.39. The molecule has 2 aromatic rings. The van der Waals surface area contributed by atoms with Crippen LogP contribution in [0.4, 0.5) is 0 Å². The fraction of sp³-hybridized carbons (Fsp3) is 0.273. The average molecular weight is 317 g/mol. The van der Waals surface area contributed by atoms with Crippen LogP contribution in [0.3, 0.4) is 0 Å². The van der Waals surface area contributed by atoms with E-state index in [1.807, 2.05) is 19.2 Å². The smallest absolute Gasteiger partial charge is 0.121 e. The number of hydrogen-bond donors (Lipinski definition) is 0. The first-order valence-corrected chi connectivity index (χ1v) is 6.31. The van der Waals surface area contributed by atoms with Crippen molar-refractivity contribution in [3.63, 3.8) is 0 Å². The van der Waals surface area contributed by atoms with Crippen molar-refractivity contribution >= 4 is 27.5 Å². The molecule has 0 aliphatic rings. The van der Waals surface area contributed by atoms with Crippen molar-refractivity contribution in [3.8, 4) is 11.4 Å². The van der Waals surface area contributed by atoms with Gasteiger partial charge in [-0.15, -0.1) is 5.10 Å². The molecule has 1 heterocycles. The van der Waals surface area contributed by atoms with Crippen LogP contribution in [0.15, 0.2) is 24.4 Å². The molecule has 0 saturated heterocycles. The van der Waals surface area contributed by atoms with E-state index in [0.29, 0.717) is 5.02 Å². The van der Waals surface area contributed by atoms with E-state index in [1.54, 1.807) is 23.9 Å². The van der Waals surface area contributed by atoms with Gasteiger partial charge < -0.3 is 4.74 Å². The van der Waals surface area contributed by atoms with Crippen molar-refractivity contribution in [1.29, 1.82) is 0 Å². The maximum absolute atomic E-state index is 6.12. The Balaban J connectivity index is 2.44. The molecule has 0 spiro atoms. The van der Waals surface area contributed by atoms with Crippen LogP contribution in [-0.4, -0.2) is 22.1 Å². The fourth-order valence-electron chi connectivity index (χ4n) is 1.37. The minimum absolute atomic E-state index is 0.153. The highest BCUT2D eigenvalue weighted by Gasteiger charge is 2.10. The van der Waals surface area contributed by atoms with Gasteiger partial charge in [0.2, 0.25) is 0 Å². The SMILES string of the molecule is COc1ccc(Cl)c(-n2cc(C(C)Br)nn2)c1. The van der Waals surface area contributed by atoms with Gasteiger partial charge in [0.25, 0.3) is 0 Å². The molecule has 0 radical (unpaired) electrons. The van der Waals surface area contributed by atoms with Crippen molar-refractivity contribution in [1.82, 2.24) is 15.0 Å². The van der Waals surface area contributed by atoms with Gasteiger partial charge in [0.1, 0.15) is 5.75 Å². The summed E-state index contributed by atoms with van der Waals surface area (Å²) in [7, 11) is 1.61. The van der Waals surface area contributed by atoms with Crippen molar-refractivity contribution in [3.05, 3.63) is 35.1 Å². The molecule has 0 aliphatic heterocycles. The van der Waals surface area contributed by atoms with E-state index in [0.717, 1.165) is 17.1 Å². The fourth-order valence-corrected chi connectivity index (χ4v) is 1.79. The van der Waals surface area contributed by atoms with Crippen LogP contribution >= 0.6 is 27.5 Å². The van der Waals surface area contributed by atoms with E-state index < -0.39 is 0 Å². The number of halogens is 2. The number of benzene rings is 1. The first-order valence-electron chi connectivity index (χ1n) is 5.02. The summed E-state index contributed by atoms with van der Waals surface area (Å²) in [6.07, 6.45) is 1.83. The minimum Gasteiger partial charge on any atom is -0.497 e. The van der Waals surface area contributed by atoms with Crippen LogP contribution in [-0.2, 0) is 0 Å². The van der Waals surface area contributed by atoms with Crippen molar-refractivity contribution < 1.29 is 4.74 Å². The summed E-state index contributed by atoms with van der Waals surface area (Å²) in [6.45, 7) is 1.99. The normalized spacial score (nSPS) is 12.5.